The Bertz CT molecular complexity index is 1300. The SMILES string of the molecule is COc1ccc(/C(O)=C2\C(=O)C(=O)N(Cc3cccnc3)C2c2cccc(OCC(C)C)c2)cc1C. The van der Waals surface area contributed by atoms with Gasteiger partial charge in [0, 0.05) is 24.5 Å². The lowest BCUT2D eigenvalue weighted by atomic mass is 9.94. The third kappa shape index (κ3) is 5.10. The molecular weight excluding hydrogens is 456 g/mol. The first-order valence-electron chi connectivity index (χ1n) is 11.8. The summed E-state index contributed by atoms with van der Waals surface area (Å²) in [4.78, 5) is 32.2. The number of hydrogen-bond acceptors (Lipinski definition) is 6. The summed E-state index contributed by atoms with van der Waals surface area (Å²) in [6, 6.07) is 15.3. The summed E-state index contributed by atoms with van der Waals surface area (Å²) in [5.74, 6) is -0.00873. The van der Waals surface area contributed by atoms with Crippen LogP contribution >= 0.6 is 0 Å². The Morgan fingerprint density at radius 3 is 2.58 bits per heavy atom. The monoisotopic (exact) mass is 486 g/mol. The number of ketones is 1. The molecule has 0 saturated carbocycles. The van der Waals surface area contributed by atoms with Crippen molar-refractivity contribution in [2.45, 2.75) is 33.4 Å². The molecule has 36 heavy (non-hydrogen) atoms. The van der Waals surface area contributed by atoms with E-state index in [2.05, 4.69) is 18.8 Å². The van der Waals surface area contributed by atoms with Crippen LogP contribution in [0.15, 0.2) is 72.6 Å². The molecule has 1 amide bonds. The molecule has 0 radical (unpaired) electrons. The number of ether oxygens (including phenoxy) is 2. The number of pyridine rings is 1. The number of rotatable bonds is 8. The predicted molar refractivity (Wildman–Crippen MR) is 137 cm³/mol. The van der Waals surface area contributed by atoms with Crippen LogP contribution < -0.4 is 9.47 Å². The van der Waals surface area contributed by atoms with Gasteiger partial charge in [-0.05, 0) is 65.9 Å². The zero-order chi connectivity index (χ0) is 25.8. The highest BCUT2D eigenvalue weighted by atomic mass is 16.5. The van der Waals surface area contributed by atoms with Gasteiger partial charge in [0.15, 0.2) is 0 Å². The van der Waals surface area contributed by atoms with E-state index in [1.165, 1.54) is 4.90 Å². The molecule has 186 valence electrons. The smallest absolute Gasteiger partial charge is 0.295 e. The lowest BCUT2D eigenvalue weighted by Gasteiger charge is -2.26. The number of aryl methyl sites for hydroxylation is 1. The first-order valence-corrected chi connectivity index (χ1v) is 11.8. The maximum absolute atomic E-state index is 13.3. The lowest BCUT2D eigenvalue weighted by molar-refractivity contribution is -0.140. The quantitative estimate of drug-likeness (QED) is 0.272. The molecule has 1 atom stereocenters. The average Bonchev–Trinajstić information content (AvgIpc) is 3.12. The van der Waals surface area contributed by atoms with E-state index >= 15 is 0 Å². The molecule has 1 N–H and O–H groups in total. The van der Waals surface area contributed by atoms with Crippen LogP contribution in [0.1, 0.15) is 42.1 Å². The highest BCUT2D eigenvalue weighted by Gasteiger charge is 2.46. The Morgan fingerprint density at radius 1 is 1.11 bits per heavy atom. The van der Waals surface area contributed by atoms with Crippen molar-refractivity contribution in [3.8, 4) is 11.5 Å². The van der Waals surface area contributed by atoms with Gasteiger partial charge in [0.2, 0.25) is 0 Å². The first kappa shape index (κ1) is 25.0. The Morgan fingerprint density at radius 2 is 1.92 bits per heavy atom. The van der Waals surface area contributed by atoms with Crippen molar-refractivity contribution in [3.05, 3.63) is 94.8 Å². The largest absolute Gasteiger partial charge is 0.507 e. The van der Waals surface area contributed by atoms with Gasteiger partial charge in [0.25, 0.3) is 11.7 Å². The van der Waals surface area contributed by atoms with Gasteiger partial charge in [-0.15, -0.1) is 0 Å². The van der Waals surface area contributed by atoms with Gasteiger partial charge in [0.05, 0.1) is 25.3 Å². The van der Waals surface area contributed by atoms with Crippen molar-refractivity contribution in [1.29, 1.82) is 0 Å². The number of carbonyl (C=O) groups excluding carboxylic acids is 2. The van der Waals surface area contributed by atoms with Crippen molar-refractivity contribution in [2.75, 3.05) is 13.7 Å². The van der Waals surface area contributed by atoms with Crippen molar-refractivity contribution in [1.82, 2.24) is 9.88 Å². The summed E-state index contributed by atoms with van der Waals surface area (Å²) in [5.41, 5.74) is 2.72. The predicted octanol–water partition coefficient (Wildman–Crippen LogP) is 5.06. The van der Waals surface area contributed by atoms with Crippen LogP contribution in [-0.4, -0.2) is 40.4 Å². The molecule has 3 aromatic rings. The van der Waals surface area contributed by atoms with E-state index in [-0.39, 0.29) is 17.9 Å². The van der Waals surface area contributed by atoms with Gasteiger partial charge in [-0.1, -0.05) is 32.0 Å². The fourth-order valence-electron chi connectivity index (χ4n) is 4.30. The van der Waals surface area contributed by atoms with Gasteiger partial charge in [-0.3, -0.25) is 14.6 Å². The van der Waals surface area contributed by atoms with Crippen LogP contribution in [0, 0.1) is 12.8 Å². The molecule has 0 bridgehead atoms. The van der Waals surface area contributed by atoms with Crippen LogP contribution in [0.2, 0.25) is 0 Å². The minimum Gasteiger partial charge on any atom is -0.507 e. The fourth-order valence-corrected chi connectivity index (χ4v) is 4.30. The van der Waals surface area contributed by atoms with Crippen LogP contribution in [0.5, 0.6) is 11.5 Å². The second kappa shape index (κ2) is 10.6. The number of carbonyl (C=O) groups is 2. The number of methoxy groups -OCH3 is 1. The minimum atomic E-state index is -0.796. The molecule has 1 saturated heterocycles. The topological polar surface area (TPSA) is 89.0 Å². The molecule has 4 rings (SSSR count). The summed E-state index contributed by atoms with van der Waals surface area (Å²) >= 11 is 0. The standard InChI is InChI=1S/C29H30N2O5/c1-18(2)17-36-23-9-5-8-21(14-23)26-25(27(32)22-10-11-24(35-4)19(3)13-22)28(33)29(34)31(26)16-20-7-6-12-30-15-20/h5-15,18,26,32H,16-17H2,1-4H3/b27-25+. The Labute approximate surface area is 211 Å². The molecule has 0 spiro atoms. The first-order chi connectivity index (χ1) is 17.3. The maximum Gasteiger partial charge on any atom is 0.295 e. The molecule has 1 fully saturated rings. The second-order valence-corrected chi connectivity index (χ2v) is 9.25. The molecule has 7 heteroatoms. The van der Waals surface area contributed by atoms with E-state index in [1.807, 2.05) is 37.3 Å². The summed E-state index contributed by atoms with van der Waals surface area (Å²) in [6.45, 7) is 6.67. The minimum absolute atomic E-state index is 0.0365. The number of aliphatic hydroxyl groups is 1. The molecule has 0 aliphatic carbocycles. The van der Waals surface area contributed by atoms with Crippen molar-refractivity contribution in [3.63, 3.8) is 0 Å². The molecule has 7 nitrogen and oxygen atoms in total. The van der Waals surface area contributed by atoms with Crippen LogP contribution in [-0.2, 0) is 16.1 Å². The number of amides is 1. The van der Waals surface area contributed by atoms with Gasteiger partial charge in [0.1, 0.15) is 17.3 Å². The van der Waals surface area contributed by atoms with Gasteiger partial charge >= 0.3 is 0 Å². The maximum atomic E-state index is 13.3. The molecule has 2 heterocycles. The number of likely N-dealkylation sites (tertiary alicyclic amines) is 1. The number of benzene rings is 2. The Kier molecular flexibility index (Phi) is 7.38. The van der Waals surface area contributed by atoms with Gasteiger partial charge in [-0.2, -0.15) is 0 Å². The van der Waals surface area contributed by atoms with Crippen molar-refractivity contribution < 1.29 is 24.2 Å². The highest BCUT2D eigenvalue weighted by molar-refractivity contribution is 6.46. The molecular formula is C29H30N2O5. The molecule has 1 aromatic heterocycles. The lowest BCUT2D eigenvalue weighted by Crippen LogP contribution is -2.29. The van der Waals surface area contributed by atoms with Crippen LogP contribution in [0.25, 0.3) is 5.76 Å². The zero-order valence-electron chi connectivity index (χ0n) is 20.9. The van der Waals surface area contributed by atoms with Crippen LogP contribution in [0.3, 0.4) is 0 Å². The Hall–Kier alpha value is -4.13. The number of Topliss-reactive ketones (excluding diaryl/α,β-unsaturated/α-hetero) is 1. The number of aliphatic hydroxyl groups excluding tert-OH is 1. The number of hydrogen-bond donors (Lipinski definition) is 1. The number of aromatic nitrogens is 1. The number of nitrogens with zero attached hydrogens (tertiary/aromatic N) is 2. The molecule has 1 unspecified atom stereocenters. The fraction of sp³-hybridized carbons (Fsp3) is 0.276. The van der Waals surface area contributed by atoms with Crippen molar-refractivity contribution in [2.24, 2.45) is 5.92 Å². The van der Waals surface area contributed by atoms with E-state index in [0.717, 1.165) is 11.1 Å². The third-order valence-corrected chi connectivity index (χ3v) is 6.04. The summed E-state index contributed by atoms with van der Waals surface area (Å²) in [5, 5.41) is 11.4. The van der Waals surface area contributed by atoms with E-state index < -0.39 is 17.7 Å². The summed E-state index contributed by atoms with van der Waals surface area (Å²) in [7, 11) is 1.57. The van der Waals surface area contributed by atoms with E-state index in [4.69, 9.17) is 9.47 Å². The van der Waals surface area contributed by atoms with Crippen molar-refractivity contribution >= 4 is 17.4 Å². The Balaban J connectivity index is 1.84. The summed E-state index contributed by atoms with van der Waals surface area (Å²) in [6.07, 6.45) is 3.31. The third-order valence-electron chi connectivity index (χ3n) is 6.04. The molecule has 1 aliphatic rings. The molecule has 1 aliphatic heterocycles. The average molecular weight is 487 g/mol. The van der Waals surface area contributed by atoms with Gasteiger partial charge in [-0.25, -0.2) is 0 Å². The van der Waals surface area contributed by atoms with E-state index in [9.17, 15) is 14.7 Å². The van der Waals surface area contributed by atoms with E-state index in [1.54, 1.807) is 43.8 Å². The van der Waals surface area contributed by atoms with Gasteiger partial charge < -0.3 is 19.5 Å². The highest BCUT2D eigenvalue weighted by Crippen LogP contribution is 2.41. The normalized spacial score (nSPS) is 17.0. The van der Waals surface area contributed by atoms with E-state index in [0.29, 0.717) is 35.2 Å². The summed E-state index contributed by atoms with van der Waals surface area (Å²) < 4.78 is 11.2. The zero-order valence-corrected chi connectivity index (χ0v) is 20.9. The molecule has 2 aromatic carbocycles. The van der Waals surface area contributed by atoms with Crippen LogP contribution in [0.4, 0.5) is 0 Å². The second-order valence-electron chi connectivity index (χ2n) is 9.25.